The Balaban J connectivity index is 1.94. The molecule has 0 bridgehead atoms. The predicted molar refractivity (Wildman–Crippen MR) is 61.5 cm³/mol. The molecule has 15 heavy (non-hydrogen) atoms. The van der Waals surface area contributed by atoms with Crippen molar-refractivity contribution in [3.8, 4) is 0 Å². The lowest BCUT2D eigenvalue weighted by Gasteiger charge is -2.10. The zero-order valence-electron chi connectivity index (χ0n) is 9.60. The van der Waals surface area contributed by atoms with Crippen molar-refractivity contribution in [3.05, 3.63) is 29.6 Å². The molecule has 1 unspecified atom stereocenters. The monoisotopic (exact) mass is 207 g/mol. The van der Waals surface area contributed by atoms with Gasteiger partial charge in [-0.05, 0) is 48.4 Å². The van der Waals surface area contributed by atoms with E-state index in [-0.39, 0.29) is 5.82 Å². The van der Waals surface area contributed by atoms with Crippen LogP contribution in [0.15, 0.2) is 18.2 Å². The summed E-state index contributed by atoms with van der Waals surface area (Å²) < 4.78 is 12.9. The average Bonchev–Trinajstić information content (AvgIpc) is 2.73. The first-order valence-corrected chi connectivity index (χ1v) is 5.49. The van der Waals surface area contributed by atoms with Gasteiger partial charge in [-0.15, -0.1) is 0 Å². The van der Waals surface area contributed by atoms with Crippen molar-refractivity contribution in [3.63, 3.8) is 0 Å². The fourth-order valence-electron chi connectivity index (χ4n) is 1.98. The minimum absolute atomic E-state index is 0.162. The highest BCUT2D eigenvalue weighted by molar-refractivity contribution is 5.50. The lowest BCUT2D eigenvalue weighted by atomic mass is 10.1. The van der Waals surface area contributed by atoms with Crippen molar-refractivity contribution in [2.45, 2.75) is 27.2 Å². The number of rotatable bonds is 3. The van der Waals surface area contributed by atoms with E-state index < -0.39 is 0 Å². The molecule has 0 radical (unpaired) electrons. The molecular formula is C13H18FN. The molecule has 1 aromatic rings. The maximum absolute atomic E-state index is 12.9. The molecule has 0 aliphatic heterocycles. The minimum Gasteiger partial charge on any atom is -0.385 e. The normalized spacial score (nSPS) is 22.5. The van der Waals surface area contributed by atoms with Gasteiger partial charge in [-0.3, -0.25) is 0 Å². The molecule has 1 atom stereocenters. The molecule has 0 saturated heterocycles. The van der Waals surface area contributed by atoms with Gasteiger partial charge in [0.15, 0.2) is 0 Å². The van der Waals surface area contributed by atoms with E-state index in [1.165, 1.54) is 12.5 Å². The third kappa shape index (κ3) is 2.31. The van der Waals surface area contributed by atoms with Crippen LogP contribution in [0.1, 0.15) is 25.8 Å². The van der Waals surface area contributed by atoms with Crippen LogP contribution in [-0.4, -0.2) is 6.54 Å². The van der Waals surface area contributed by atoms with Crippen molar-refractivity contribution >= 4 is 5.69 Å². The number of anilines is 1. The largest absolute Gasteiger partial charge is 0.385 e. The Bertz CT molecular complexity index is 371. The third-order valence-corrected chi connectivity index (χ3v) is 3.44. The zero-order chi connectivity index (χ0) is 11.1. The second-order valence-corrected chi connectivity index (χ2v) is 5.23. The standard InChI is InChI=1S/C13H18FN/c1-9-6-11(14)4-5-12(9)15-8-10-7-13(10,2)3/h4-6,10,15H,7-8H2,1-3H3. The van der Waals surface area contributed by atoms with E-state index in [1.807, 2.05) is 13.0 Å². The Morgan fingerprint density at radius 1 is 1.47 bits per heavy atom. The van der Waals surface area contributed by atoms with E-state index >= 15 is 0 Å². The summed E-state index contributed by atoms with van der Waals surface area (Å²) in [6.45, 7) is 7.51. The van der Waals surface area contributed by atoms with E-state index in [2.05, 4.69) is 19.2 Å². The molecule has 82 valence electrons. The van der Waals surface area contributed by atoms with Crippen molar-refractivity contribution in [2.75, 3.05) is 11.9 Å². The number of benzene rings is 1. The lowest BCUT2D eigenvalue weighted by molar-refractivity contribution is 0.573. The van der Waals surface area contributed by atoms with Gasteiger partial charge in [-0.25, -0.2) is 4.39 Å². The van der Waals surface area contributed by atoms with Gasteiger partial charge in [0, 0.05) is 12.2 Å². The molecule has 0 heterocycles. The van der Waals surface area contributed by atoms with Crippen LogP contribution in [-0.2, 0) is 0 Å². The van der Waals surface area contributed by atoms with Crippen LogP contribution in [0.4, 0.5) is 10.1 Å². The average molecular weight is 207 g/mol. The number of hydrogen-bond acceptors (Lipinski definition) is 1. The Hall–Kier alpha value is -1.05. The maximum Gasteiger partial charge on any atom is 0.123 e. The van der Waals surface area contributed by atoms with Crippen LogP contribution < -0.4 is 5.32 Å². The number of halogens is 1. The van der Waals surface area contributed by atoms with E-state index in [0.717, 1.165) is 23.7 Å². The van der Waals surface area contributed by atoms with Crippen LogP contribution in [0.25, 0.3) is 0 Å². The van der Waals surface area contributed by atoms with Crippen molar-refractivity contribution in [1.29, 1.82) is 0 Å². The van der Waals surface area contributed by atoms with Crippen LogP contribution in [0.3, 0.4) is 0 Å². The summed E-state index contributed by atoms with van der Waals surface area (Å²) in [5.74, 6) is 0.603. The molecular weight excluding hydrogens is 189 g/mol. The Kier molecular flexibility index (Phi) is 2.45. The lowest BCUT2D eigenvalue weighted by Crippen LogP contribution is -2.08. The van der Waals surface area contributed by atoms with Crippen LogP contribution in [0.2, 0.25) is 0 Å². The fraction of sp³-hybridized carbons (Fsp3) is 0.538. The molecule has 1 aliphatic rings. The second-order valence-electron chi connectivity index (χ2n) is 5.23. The summed E-state index contributed by atoms with van der Waals surface area (Å²) in [6, 6.07) is 4.90. The highest BCUT2D eigenvalue weighted by Crippen LogP contribution is 2.51. The Labute approximate surface area is 90.7 Å². The molecule has 1 saturated carbocycles. The van der Waals surface area contributed by atoms with Gasteiger partial charge in [-0.2, -0.15) is 0 Å². The molecule has 2 rings (SSSR count). The maximum atomic E-state index is 12.9. The third-order valence-electron chi connectivity index (χ3n) is 3.44. The van der Waals surface area contributed by atoms with Crippen LogP contribution >= 0.6 is 0 Å². The molecule has 1 aromatic carbocycles. The summed E-state index contributed by atoms with van der Waals surface area (Å²) in [5, 5.41) is 3.39. The molecule has 2 heteroatoms. The molecule has 1 nitrogen and oxygen atoms in total. The first-order chi connectivity index (χ1) is 6.99. The van der Waals surface area contributed by atoms with Crippen LogP contribution in [0, 0.1) is 24.1 Å². The van der Waals surface area contributed by atoms with Crippen molar-refractivity contribution < 1.29 is 4.39 Å². The van der Waals surface area contributed by atoms with Gasteiger partial charge >= 0.3 is 0 Å². The van der Waals surface area contributed by atoms with Gasteiger partial charge in [0.25, 0.3) is 0 Å². The number of nitrogens with one attached hydrogen (secondary N) is 1. The molecule has 0 aromatic heterocycles. The fourth-order valence-corrected chi connectivity index (χ4v) is 1.98. The van der Waals surface area contributed by atoms with Gasteiger partial charge in [0.1, 0.15) is 5.82 Å². The van der Waals surface area contributed by atoms with Gasteiger partial charge in [-0.1, -0.05) is 13.8 Å². The molecule has 0 amide bonds. The number of aryl methyl sites for hydroxylation is 1. The SMILES string of the molecule is Cc1cc(F)ccc1NCC1CC1(C)C. The van der Waals surface area contributed by atoms with Crippen molar-refractivity contribution in [2.24, 2.45) is 11.3 Å². The van der Waals surface area contributed by atoms with Gasteiger partial charge in [0.2, 0.25) is 0 Å². The first kappa shape index (κ1) is 10.5. The predicted octanol–water partition coefficient (Wildman–Crippen LogP) is 3.59. The Morgan fingerprint density at radius 3 is 2.67 bits per heavy atom. The smallest absolute Gasteiger partial charge is 0.123 e. The highest BCUT2D eigenvalue weighted by atomic mass is 19.1. The summed E-state index contributed by atoms with van der Waals surface area (Å²) in [4.78, 5) is 0. The highest BCUT2D eigenvalue weighted by Gasteiger charge is 2.44. The van der Waals surface area contributed by atoms with E-state index in [1.54, 1.807) is 6.07 Å². The van der Waals surface area contributed by atoms with Gasteiger partial charge < -0.3 is 5.32 Å². The van der Waals surface area contributed by atoms with Gasteiger partial charge in [0.05, 0.1) is 0 Å². The van der Waals surface area contributed by atoms with E-state index in [0.29, 0.717) is 5.41 Å². The topological polar surface area (TPSA) is 12.0 Å². The summed E-state index contributed by atoms with van der Waals surface area (Å²) in [7, 11) is 0. The summed E-state index contributed by atoms with van der Waals surface area (Å²) in [5.41, 5.74) is 2.54. The zero-order valence-corrected chi connectivity index (χ0v) is 9.60. The molecule has 1 N–H and O–H groups in total. The second kappa shape index (κ2) is 3.51. The van der Waals surface area contributed by atoms with E-state index in [9.17, 15) is 4.39 Å². The molecule has 0 spiro atoms. The summed E-state index contributed by atoms with van der Waals surface area (Å²) in [6.07, 6.45) is 1.29. The van der Waals surface area contributed by atoms with Crippen LogP contribution in [0.5, 0.6) is 0 Å². The van der Waals surface area contributed by atoms with E-state index in [4.69, 9.17) is 0 Å². The minimum atomic E-state index is -0.162. The molecule has 1 aliphatic carbocycles. The molecule has 1 fully saturated rings. The quantitative estimate of drug-likeness (QED) is 0.798. The van der Waals surface area contributed by atoms with Crippen molar-refractivity contribution in [1.82, 2.24) is 0 Å². The summed E-state index contributed by atoms with van der Waals surface area (Å²) >= 11 is 0. The Morgan fingerprint density at radius 2 is 2.13 bits per heavy atom. The first-order valence-electron chi connectivity index (χ1n) is 5.49. The number of hydrogen-bond donors (Lipinski definition) is 1.